The normalized spacial score (nSPS) is 13.6. The molecule has 0 saturated heterocycles. The van der Waals surface area contributed by atoms with Crippen molar-refractivity contribution >= 4 is 110 Å². The molecule has 0 aliphatic heterocycles. The number of azo groups is 2. The molecule has 0 bridgehead atoms. The molecule has 0 fully saturated rings. The van der Waals surface area contributed by atoms with Gasteiger partial charge in [0.25, 0.3) is 30.4 Å². The number of aromatic hydroxyl groups is 1. The molecular formula is C28H29N5O23S7. The van der Waals surface area contributed by atoms with Gasteiger partial charge in [0.2, 0.25) is 0 Å². The van der Waals surface area contributed by atoms with Crippen molar-refractivity contribution in [2.24, 2.45) is 20.5 Å². The van der Waals surface area contributed by atoms with Crippen LogP contribution in [0.3, 0.4) is 0 Å². The first-order chi connectivity index (χ1) is 28.7. The van der Waals surface area contributed by atoms with Crippen molar-refractivity contribution in [1.82, 2.24) is 0 Å². The van der Waals surface area contributed by atoms with Gasteiger partial charge >= 0.3 is 20.8 Å². The number of ether oxygens (including phenoxy) is 1. The van der Waals surface area contributed by atoms with E-state index in [1.54, 1.807) is 0 Å². The molecule has 0 aliphatic rings. The van der Waals surface area contributed by atoms with Crippen LogP contribution in [-0.4, -0.2) is 126 Å². The zero-order chi connectivity index (χ0) is 47.7. The summed E-state index contributed by atoms with van der Waals surface area (Å²) < 4.78 is 230. The van der Waals surface area contributed by atoms with E-state index in [9.17, 15) is 77.7 Å². The van der Waals surface area contributed by atoms with Gasteiger partial charge in [0.1, 0.15) is 37.4 Å². The fourth-order valence-corrected chi connectivity index (χ4v) is 10.3. The molecule has 4 aromatic carbocycles. The summed E-state index contributed by atoms with van der Waals surface area (Å²) in [5.41, 5.74) is -3.24. The van der Waals surface area contributed by atoms with E-state index in [1.807, 2.05) is 0 Å². The van der Waals surface area contributed by atoms with Gasteiger partial charge in [-0.05, 0) is 48.5 Å². The molecule has 0 amide bonds. The summed E-state index contributed by atoms with van der Waals surface area (Å²) in [6.45, 7) is -2.29. The van der Waals surface area contributed by atoms with Gasteiger partial charge in [-0.1, -0.05) is 0 Å². The zero-order valence-corrected chi connectivity index (χ0v) is 36.9. The summed E-state index contributed by atoms with van der Waals surface area (Å²) in [5, 5.41) is 28.1. The first kappa shape index (κ1) is 50.8. The maximum Gasteiger partial charge on any atom is 0.397 e. The zero-order valence-electron chi connectivity index (χ0n) is 31.2. The van der Waals surface area contributed by atoms with Crippen molar-refractivity contribution in [3.05, 3.63) is 48.5 Å². The Bertz CT molecular complexity index is 3380. The van der Waals surface area contributed by atoms with Crippen LogP contribution >= 0.6 is 0 Å². The molecule has 0 spiro atoms. The number of methoxy groups -OCH3 is 1. The average Bonchev–Trinajstić information content (AvgIpc) is 3.13. The van der Waals surface area contributed by atoms with Gasteiger partial charge < -0.3 is 15.2 Å². The monoisotopic (exact) mass is 1030 g/mol. The minimum absolute atomic E-state index is 0.0461. The molecular weight excluding hydrogens is 999 g/mol. The Kier molecular flexibility index (Phi) is 14.7. The number of hydrogen-bond acceptors (Lipinski definition) is 23. The van der Waals surface area contributed by atoms with Gasteiger partial charge in [0.05, 0.1) is 47.3 Å². The molecule has 35 heteroatoms. The lowest BCUT2D eigenvalue weighted by molar-refractivity contribution is 0.282. The van der Waals surface area contributed by atoms with Crippen molar-refractivity contribution in [2.45, 2.75) is 24.5 Å². The fraction of sp³-hybridized carbons (Fsp3) is 0.214. The molecule has 7 N–H and O–H groups in total. The van der Waals surface area contributed by atoms with Crippen LogP contribution in [0.1, 0.15) is 0 Å². The molecule has 0 heterocycles. The van der Waals surface area contributed by atoms with E-state index >= 15 is 0 Å². The van der Waals surface area contributed by atoms with Crippen molar-refractivity contribution in [3.63, 3.8) is 0 Å². The number of benzene rings is 4. The molecule has 346 valence electrons. The number of nitrogens with one attached hydrogen (secondary N) is 1. The van der Waals surface area contributed by atoms with Crippen LogP contribution in [0.15, 0.2) is 93.5 Å². The summed E-state index contributed by atoms with van der Waals surface area (Å²) in [5.74, 6) is -4.37. The molecule has 0 unspecified atom stereocenters. The summed E-state index contributed by atoms with van der Waals surface area (Å²) in [6.07, 6.45) is 0. The minimum atomic E-state index is -5.49. The Morgan fingerprint density at radius 3 is 1.52 bits per heavy atom. The Balaban J connectivity index is 1.94. The number of phenolic OH excluding ortho intramolecular Hbond substituents is 1. The van der Waals surface area contributed by atoms with E-state index < -0.39 is 160 Å². The second kappa shape index (κ2) is 18.3. The fourth-order valence-electron chi connectivity index (χ4n) is 5.14. The molecule has 28 nitrogen and oxygen atoms in total. The average molecular weight is 1030 g/mol. The molecule has 0 atom stereocenters. The first-order valence-corrected chi connectivity index (χ1v) is 26.4. The lowest BCUT2D eigenvalue weighted by atomic mass is 10.1. The van der Waals surface area contributed by atoms with Gasteiger partial charge in [-0.15, -0.1) is 20.5 Å². The van der Waals surface area contributed by atoms with Crippen molar-refractivity contribution < 1.29 is 99.9 Å². The van der Waals surface area contributed by atoms with Gasteiger partial charge in [-0.2, -0.15) is 42.1 Å². The van der Waals surface area contributed by atoms with Crippen LogP contribution < -0.4 is 10.1 Å². The Morgan fingerprint density at radius 1 is 0.540 bits per heavy atom. The second-order valence-corrected chi connectivity index (χ2v) is 22.5. The third-order valence-electron chi connectivity index (χ3n) is 7.85. The molecule has 0 aliphatic carbocycles. The molecule has 63 heavy (non-hydrogen) atoms. The third kappa shape index (κ3) is 12.6. The maximum absolute atomic E-state index is 13.0. The van der Waals surface area contributed by atoms with E-state index in [0.29, 0.717) is 24.3 Å². The van der Waals surface area contributed by atoms with E-state index in [2.05, 4.69) is 34.1 Å². The quantitative estimate of drug-likeness (QED) is 0.0523. The predicted molar refractivity (Wildman–Crippen MR) is 211 cm³/mol. The Hall–Kier alpha value is -4.89. The standard InChI is InChI=1S/C28H29N5O23S7/c1-29-20-6-4-17-18(25(20)32-30-19-5-3-15(12-22(19)59(39,40)41)57(35,36)9-7-55-62(48,49)50)14-23(60(42,43)44)26(27(17)34)33-31-21-11-16(13-24(28(21)54-2)61(45,46)47)58(37,38)10-8-56-63(51,52)53/h3-6,11-14,29,34H,7-10H2,1-2H3,(H,39,40,41)(H,42,43,44)(H,45,46,47)(H,48,49,50)(H,51,52,53). The summed E-state index contributed by atoms with van der Waals surface area (Å²) in [4.78, 5) is -5.51. The van der Waals surface area contributed by atoms with E-state index in [-0.39, 0.29) is 11.1 Å². The Labute approximate surface area is 357 Å². The highest BCUT2D eigenvalue weighted by molar-refractivity contribution is 7.92. The number of hydrogen-bond donors (Lipinski definition) is 7. The number of phenols is 1. The predicted octanol–water partition coefficient (Wildman–Crippen LogP) is 2.35. The van der Waals surface area contributed by atoms with Crippen LogP contribution in [0.2, 0.25) is 0 Å². The smallest absolute Gasteiger partial charge is 0.397 e. The number of fused-ring (bicyclic) bond motifs is 1. The maximum atomic E-state index is 13.0. The SMILES string of the molecule is CNc1ccc2c(O)c(N=Nc3cc(S(=O)(=O)CCOS(=O)(=O)O)cc(S(=O)(=O)O)c3OC)c(S(=O)(=O)O)cc2c1N=Nc1ccc(S(=O)(=O)CCOS(=O)(=O)O)cc1S(=O)(=O)O. The van der Waals surface area contributed by atoms with Crippen molar-refractivity contribution in [3.8, 4) is 11.5 Å². The largest absolute Gasteiger partial charge is 0.505 e. The highest BCUT2D eigenvalue weighted by Gasteiger charge is 2.29. The highest BCUT2D eigenvalue weighted by atomic mass is 32.3. The molecule has 0 aromatic heterocycles. The van der Waals surface area contributed by atoms with Crippen LogP contribution in [0, 0.1) is 0 Å². The van der Waals surface area contributed by atoms with Crippen LogP contribution in [0.4, 0.5) is 28.4 Å². The molecule has 0 radical (unpaired) electrons. The number of anilines is 1. The minimum Gasteiger partial charge on any atom is -0.505 e. The lowest BCUT2D eigenvalue weighted by Crippen LogP contribution is -2.16. The molecule has 4 aromatic rings. The first-order valence-electron chi connectivity index (χ1n) is 16.0. The summed E-state index contributed by atoms with van der Waals surface area (Å²) >= 11 is 0. The van der Waals surface area contributed by atoms with Gasteiger partial charge in [-0.3, -0.25) is 22.8 Å². The molecule has 4 rings (SSSR count). The Morgan fingerprint density at radius 2 is 1.03 bits per heavy atom. The van der Waals surface area contributed by atoms with Gasteiger partial charge in [0.15, 0.2) is 31.2 Å². The van der Waals surface area contributed by atoms with E-state index in [0.717, 1.165) is 25.3 Å². The third-order valence-corrected chi connectivity index (χ3v) is 14.7. The van der Waals surface area contributed by atoms with Crippen LogP contribution in [0.5, 0.6) is 11.5 Å². The highest BCUT2D eigenvalue weighted by Crippen LogP contribution is 2.47. The number of sulfone groups is 2. The topological polar surface area (TPSA) is 450 Å². The van der Waals surface area contributed by atoms with E-state index in [4.69, 9.17) is 13.8 Å². The lowest BCUT2D eigenvalue weighted by Gasteiger charge is -2.14. The number of rotatable bonds is 19. The molecule has 0 saturated carbocycles. The van der Waals surface area contributed by atoms with Crippen LogP contribution in [-0.2, 0) is 79.2 Å². The summed E-state index contributed by atoms with van der Waals surface area (Å²) in [7, 11) is -33.6. The van der Waals surface area contributed by atoms with Crippen LogP contribution in [0.25, 0.3) is 10.8 Å². The van der Waals surface area contributed by atoms with Crippen molar-refractivity contribution in [2.75, 3.05) is 44.2 Å². The van der Waals surface area contributed by atoms with Gasteiger partial charge in [0, 0.05) is 17.8 Å². The van der Waals surface area contributed by atoms with Crippen molar-refractivity contribution in [1.29, 1.82) is 0 Å². The van der Waals surface area contributed by atoms with Gasteiger partial charge in [-0.25, -0.2) is 25.2 Å². The second-order valence-electron chi connectivity index (χ2n) is 11.9. The summed E-state index contributed by atoms with van der Waals surface area (Å²) in [6, 6.07) is 5.81. The number of nitrogens with zero attached hydrogens (tertiary/aromatic N) is 4. The van der Waals surface area contributed by atoms with E-state index in [1.165, 1.54) is 13.1 Å².